The molecule has 2 heterocycles. The second-order valence-electron chi connectivity index (χ2n) is 6.71. The normalized spacial score (nSPS) is 17.0. The molecule has 152 valence electrons. The van der Waals surface area contributed by atoms with E-state index in [9.17, 15) is 8.42 Å². The van der Waals surface area contributed by atoms with Gasteiger partial charge in [-0.1, -0.05) is 23.7 Å². The van der Waals surface area contributed by atoms with Gasteiger partial charge in [0, 0.05) is 36.1 Å². The van der Waals surface area contributed by atoms with Crippen LogP contribution < -0.4 is 9.47 Å². The van der Waals surface area contributed by atoms with Gasteiger partial charge < -0.3 is 14.0 Å². The molecular formula is C21H21ClN2O4S. The average Bonchev–Trinajstić information content (AvgIpc) is 3.22. The van der Waals surface area contributed by atoms with Crippen LogP contribution in [0.4, 0.5) is 0 Å². The number of halogens is 1. The zero-order chi connectivity index (χ0) is 20.6. The van der Waals surface area contributed by atoms with Crippen LogP contribution in [0.3, 0.4) is 0 Å². The predicted octanol–water partition coefficient (Wildman–Crippen LogP) is 3.95. The number of aromatic nitrogens is 1. The topological polar surface area (TPSA) is 60.8 Å². The van der Waals surface area contributed by atoms with Crippen molar-refractivity contribution in [2.24, 2.45) is 0 Å². The Bertz CT molecular complexity index is 1130. The molecule has 0 radical (unpaired) electrons. The van der Waals surface area contributed by atoms with E-state index in [1.807, 2.05) is 30.5 Å². The number of benzene rings is 2. The molecule has 0 saturated carbocycles. The molecule has 1 aliphatic rings. The van der Waals surface area contributed by atoms with Gasteiger partial charge in [0.15, 0.2) is 0 Å². The number of fused-ring (bicyclic) bond motifs is 1. The summed E-state index contributed by atoms with van der Waals surface area (Å²) in [5.74, 6) is 0.731. The van der Waals surface area contributed by atoms with E-state index in [-0.39, 0.29) is 10.6 Å². The highest BCUT2D eigenvalue weighted by molar-refractivity contribution is 7.89. The second-order valence-corrected chi connectivity index (χ2v) is 9.01. The van der Waals surface area contributed by atoms with Gasteiger partial charge in [-0.2, -0.15) is 4.31 Å². The van der Waals surface area contributed by atoms with Crippen LogP contribution in [0.2, 0.25) is 5.02 Å². The molecule has 6 nitrogen and oxygen atoms in total. The molecule has 4 rings (SSSR count). The van der Waals surface area contributed by atoms with Gasteiger partial charge in [-0.15, -0.1) is 0 Å². The Labute approximate surface area is 175 Å². The minimum absolute atomic E-state index is 0.0818. The summed E-state index contributed by atoms with van der Waals surface area (Å²) in [6.07, 6.45) is 1.97. The lowest BCUT2D eigenvalue weighted by atomic mass is 10.0. The number of rotatable bonds is 5. The quantitative estimate of drug-likeness (QED) is 0.612. The SMILES string of the molecule is COc1ccc(OC)c(S(=O)(=O)N2CCn3cccc3C2c2ccc(Cl)cc2)c1. The first-order valence-electron chi connectivity index (χ1n) is 9.10. The van der Waals surface area contributed by atoms with E-state index in [1.54, 1.807) is 24.3 Å². The van der Waals surface area contributed by atoms with Gasteiger partial charge in [0.25, 0.3) is 0 Å². The number of hydrogen-bond donors (Lipinski definition) is 0. The summed E-state index contributed by atoms with van der Waals surface area (Å²) in [5, 5.41) is 0.601. The van der Waals surface area contributed by atoms with Crippen molar-refractivity contribution >= 4 is 21.6 Å². The first-order chi connectivity index (χ1) is 14.0. The standard InChI is InChI=1S/C21H21ClN2O4S/c1-27-17-9-10-19(28-2)20(14-17)29(25,26)24-13-12-23-11-3-4-18(23)21(24)15-5-7-16(22)8-6-15/h3-11,14,21H,12-13H2,1-2H3. The number of hydrogen-bond acceptors (Lipinski definition) is 4. The molecule has 0 fully saturated rings. The van der Waals surface area contributed by atoms with Gasteiger partial charge in [-0.3, -0.25) is 0 Å². The van der Waals surface area contributed by atoms with Crippen LogP contribution in [0.5, 0.6) is 11.5 Å². The maximum atomic E-state index is 13.8. The summed E-state index contributed by atoms with van der Waals surface area (Å²) < 4.78 is 41.7. The average molecular weight is 433 g/mol. The number of ether oxygens (including phenoxy) is 2. The van der Waals surface area contributed by atoms with Gasteiger partial charge >= 0.3 is 0 Å². The van der Waals surface area contributed by atoms with Crippen molar-refractivity contribution in [2.45, 2.75) is 17.5 Å². The molecule has 0 bridgehead atoms. The van der Waals surface area contributed by atoms with E-state index in [4.69, 9.17) is 21.1 Å². The van der Waals surface area contributed by atoms with Gasteiger partial charge in [-0.05, 0) is 42.0 Å². The molecule has 29 heavy (non-hydrogen) atoms. The molecule has 0 saturated heterocycles. The van der Waals surface area contributed by atoms with E-state index in [0.717, 1.165) is 11.3 Å². The minimum atomic E-state index is -3.88. The summed E-state index contributed by atoms with van der Waals surface area (Å²) in [4.78, 5) is 0.0818. The molecule has 1 aliphatic heterocycles. The Balaban J connectivity index is 1.87. The third-order valence-corrected chi connectivity index (χ3v) is 7.27. The molecule has 0 aliphatic carbocycles. The lowest BCUT2D eigenvalue weighted by Crippen LogP contribution is -2.42. The highest BCUT2D eigenvalue weighted by Gasteiger charge is 2.39. The largest absolute Gasteiger partial charge is 0.497 e. The summed E-state index contributed by atoms with van der Waals surface area (Å²) in [6.45, 7) is 0.898. The number of methoxy groups -OCH3 is 2. The van der Waals surface area contributed by atoms with Crippen LogP contribution >= 0.6 is 11.6 Å². The summed E-state index contributed by atoms with van der Waals surface area (Å²) in [6, 6.07) is 15.5. The van der Waals surface area contributed by atoms with E-state index < -0.39 is 16.1 Å². The van der Waals surface area contributed by atoms with Crippen LogP contribution in [-0.4, -0.2) is 38.1 Å². The Kier molecular flexibility index (Phi) is 5.29. The lowest BCUT2D eigenvalue weighted by Gasteiger charge is -2.36. The third-order valence-electron chi connectivity index (χ3n) is 5.14. The summed E-state index contributed by atoms with van der Waals surface area (Å²) in [7, 11) is -0.924. The molecule has 3 aromatic rings. The molecule has 0 spiro atoms. The second kappa shape index (κ2) is 7.74. The predicted molar refractivity (Wildman–Crippen MR) is 111 cm³/mol. The molecule has 2 aromatic carbocycles. The Morgan fingerprint density at radius 3 is 2.45 bits per heavy atom. The number of sulfonamides is 1. The van der Waals surface area contributed by atoms with Crippen molar-refractivity contribution in [3.63, 3.8) is 0 Å². The van der Waals surface area contributed by atoms with Crippen LogP contribution in [0.1, 0.15) is 17.3 Å². The summed E-state index contributed by atoms with van der Waals surface area (Å²) >= 11 is 6.06. The van der Waals surface area contributed by atoms with Gasteiger partial charge in [0.2, 0.25) is 10.0 Å². The fourth-order valence-corrected chi connectivity index (χ4v) is 5.59. The van der Waals surface area contributed by atoms with E-state index in [2.05, 4.69) is 4.57 Å². The Hall–Kier alpha value is -2.48. The van der Waals surface area contributed by atoms with Crippen LogP contribution in [0.15, 0.2) is 65.7 Å². The van der Waals surface area contributed by atoms with Crippen molar-refractivity contribution in [1.29, 1.82) is 0 Å². The maximum Gasteiger partial charge on any atom is 0.247 e. The van der Waals surface area contributed by atoms with Crippen molar-refractivity contribution in [1.82, 2.24) is 8.87 Å². The minimum Gasteiger partial charge on any atom is -0.497 e. The summed E-state index contributed by atoms with van der Waals surface area (Å²) in [5.41, 5.74) is 1.75. The molecule has 1 aromatic heterocycles. The van der Waals surface area contributed by atoms with Crippen LogP contribution in [0, 0.1) is 0 Å². The van der Waals surface area contributed by atoms with Crippen molar-refractivity contribution < 1.29 is 17.9 Å². The van der Waals surface area contributed by atoms with Crippen molar-refractivity contribution in [3.05, 3.63) is 77.1 Å². The Morgan fingerprint density at radius 1 is 1.00 bits per heavy atom. The number of nitrogens with zero attached hydrogens (tertiary/aromatic N) is 2. The highest BCUT2D eigenvalue weighted by atomic mass is 35.5. The molecule has 0 N–H and O–H groups in total. The molecule has 1 unspecified atom stereocenters. The van der Waals surface area contributed by atoms with Gasteiger partial charge in [-0.25, -0.2) is 8.42 Å². The molecule has 8 heteroatoms. The monoisotopic (exact) mass is 432 g/mol. The van der Waals surface area contributed by atoms with Crippen molar-refractivity contribution in [2.75, 3.05) is 20.8 Å². The zero-order valence-electron chi connectivity index (χ0n) is 16.1. The first-order valence-corrected chi connectivity index (χ1v) is 10.9. The molecular weight excluding hydrogens is 412 g/mol. The van der Waals surface area contributed by atoms with E-state index >= 15 is 0 Å². The highest BCUT2D eigenvalue weighted by Crippen LogP contribution is 2.39. The molecule has 1 atom stereocenters. The van der Waals surface area contributed by atoms with Gasteiger partial charge in [0.1, 0.15) is 16.4 Å². The smallest absolute Gasteiger partial charge is 0.247 e. The van der Waals surface area contributed by atoms with Crippen molar-refractivity contribution in [3.8, 4) is 11.5 Å². The van der Waals surface area contributed by atoms with Crippen LogP contribution in [0.25, 0.3) is 0 Å². The van der Waals surface area contributed by atoms with E-state index in [1.165, 1.54) is 24.6 Å². The fourth-order valence-electron chi connectivity index (χ4n) is 3.72. The maximum absolute atomic E-state index is 13.8. The Morgan fingerprint density at radius 2 is 1.76 bits per heavy atom. The first kappa shape index (κ1) is 19.8. The van der Waals surface area contributed by atoms with Gasteiger partial charge in [0.05, 0.1) is 20.3 Å². The van der Waals surface area contributed by atoms with Crippen LogP contribution in [-0.2, 0) is 16.6 Å². The zero-order valence-corrected chi connectivity index (χ0v) is 17.7. The lowest BCUT2D eigenvalue weighted by molar-refractivity contribution is 0.296. The third kappa shape index (κ3) is 3.50. The fraction of sp³-hybridized carbons (Fsp3) is 0.238. The van der Waals surface area contributed by atoms with E-state index in [0.29, 0.717) is 23.9 Å². The molecule has 0 amide bonds.